The first-order valence-electron chi connectivity index (χ1n) is 48.1. The predicted molar refractivity (Wildman–Crippen MR) is 489 cm³/mol. The minimum absolute atomic E-state index is 0. The van der Waals surface area contributed by atoms with E-state index >= 15 is 0 Å². The molecule has 0 bridgehead atoms. The summed E-state index contributed by atoms with van der Waals surface area (Å²) in [5.74, 6) is -3.09. The minimum atomic E-state index is -4.82. The fraction of sp³-hybridized carbons (Fsp3) is 0.760. The molecule has 2 rings (SSSR count). The monoisotopic (exact) mass is 1700 g/mol. The first-order chi connectivity index (χ1) is 56.6. The van der Waals surface area contributed by atoms with Crippen molar-refractivity contribution in [2.45, 2.75) is 474 Å². The standard InChI is InChI=1S/2C50H86O7S.Ca/c2*1-3-5-7-9-11-13-15-17-19-21-23-25-27-29-31-33-35-37-39-43-56-49(51)47-42-41-46(58(53,54)55)45-48(47)50(52)57-44-40-38-36-34-32-30-28-26-24-22-20-18-16-14-12-10-8-6-4-2;/h2*11-14,41-42,45H,3-10,15-40,43-44H2,1-2H3,(H,53,54,55);/q;;+2/p-2/b2*13-11+,14-12+;. The second-order valence-electron chi connectivity index (χ2n) is 32.9. The zero-order chi connectivity index (χ0) is 84.4. The molecule has 14 nitrogen and oxygen atoms in total. The number of allylic oxidation sites excluding steroid dienone is 8. The van der Waals surface area contributed by atoms with Crippen LogP contribution in [-0.2, 0) is 39.2 Å². The molecule has 0 heterocycles. The Hall–Kier alpha value is -3.64. The fourth-order valence-electron chi connectivity index (χ4n) is 14.5. The minimum Gasteiger partial charge on any atom is -0.744 e. The topological polar surface area (TPSA) is 220 Å². The maximum Gasteiger partial charge on any atom is 2.00 e. The van der Waals surface area contributed by atoms with E-state index in [1.165, 1.54) is 346 Å². The van der Waals surface area contributed by atoms with Crippen molar-refractivity contribution < 1.29 is 64.1 Å². The van der Waals surface area contributed by atoms with E-state index in [4.69, 9.17) is 18.9 Å². The summed E-state index contributed by atoms with van der Waals surface area (Å²) in [4.78, 5) is 50.6. The van der Waals surface area contributed by atoms with Crippen LogP contribution in [0, 0.1) is 0 Å². The van der Waals surface area contributed by atoms with Crippen molar-refractivity contribution >= 4 is 81.9 Å². The van der Waals surface area contributed by atoms with E-state index in [1.807, 2.05) is 0 Å². The molecule has 0 unspecified atom stereocenters. The molecule has 0 saturated carbocycles. The SMILES string of the molecule is CCCCC/C=C/CCCCCCCCCCCCCCOC(=O)c1ccc(S(=O)(=O)[O-])cc1C(=O)OCCCCCCCCCCCCCC/C=C/CCCCC.CCCCC/C=C/CCCCCCCCCCCCCCOC(=O)c1ccc(S(=O)(=O)[O-])cc1C(=O)OCCCCCCCCCCCCCC/C=C/CCCCC.[Ca+2]. The van der Waals surface area contributed by atoms with E-state index in [0.717, 1.165) is 101 Å². The molecule has 668 valence electrons. The van der Waals surface area contributed by atoms with E-state index in [1.54, 1.807) is 0 Å². The van der Waals surface area contributed by atoms with Gasteiger partial charge in [-0.15, -0.1) is 0 Å². The summed E-state index contributed by atoms with van der Waals surface area (Å²) >= 11 is 0. The maximum atomic E-state index is 13.0. The summed E-state index contributed by atoms with van der Waals surface area (Å²) in [7, 11) is -9.64. The molecule has 0 aliphatic carbocycles. The number of benzene rings is 2. The smallest absolute Gasteiger partial charge is 0.744 e. The molecule has 0 aromatic heterocycles. The van der Waals surface area contributed by atoms with E-state index in [-0.39, 0.29) is 86.4 Å². The first-order valence-corrected chi connectivity index (χ1v) is 50.9. The molecule has 17 heteroatoms. The number of rotatable bonds is 82. The van der Waals surface area contributed by atoms with Crippen molar-refractivity contribution in [1.82, 2.24) is 0 Å². The van der Waals surface area contributed by atoms with Crippen molar-refractivity contribution in [2.24, 2.45) is 0 Å². The van der Waals surface area contributed by atoms with Crippen LogP contribution in [0.4, 0.5) is 0 Å². The number of ether oxygens (including phenoxy) is 4. The van der Waals surface area contributed by atoms with Gasteiger partial charge in [-0.05, 0) is 165 Å². The van der Waals surface area contributed by atoms with E-state index in [9.17, 15) is 45.1 Å². The van der Waals surface area contributed by atoms with Gasteiger partial charge in [0.15, 0.2) is 0 Å². The van der Waals surface area contributed by atoms with Crippen LogP contribution < -0.4 is 0 Å². The molecule has 0 spiro atoms. The van der Waals surface area contributed by atoms with Crippen LogP contribution in [-0.4, -0.2) is 114 Å². The van der Waals surface area contributed by atoms with Crippen molar-refractivity contribution in [3.05, 3.63) is 107 Å². The van der Waals surface area contributed by atoms with Gasteiger partial charge >= 0.3 is 61.6 Å². The Balaban J connectivity index is 0.00000228. The molecule has 2 aromatic carbocycles. The molecule has 2 aromatic rings. The number of carbonyl (C=O) groups is 4. The predicted octanol–water partition coefficient (Wildman–Crippen LogP) is 30.3. The normalized spacial score (nSPS) is 11.8. The van der Waals surface area contributed by atoms with Gasteiger partial charge in [0.25, 0.3) is 0 Å². The summed E-state index contributed by atoms with van der Waals surface area (Å²) in [5, 5.41) is 0. The summed E-state index contributed by atoms with van der Waals surface area (Å²) in [6.45, 7) is 9.73. The van der Waals surface area contributed by atoms with Gasteiger partial charge < -0.3 is 28.1 Å². The van der Waals surface area contributed by atoms with E-state index < -0.39 is 53.9 Å². The third-order valence-corrected chi connectivity index (χ3v) is 23.7. The molecular formula is C100H170CaO14S2. The fourth-order valence-corrected chi connectivity index (χ4v) is 15.5. The quantitative estimate of drug-likeness (QED) is 0.0150. The van der Waals surface area contributed by atoms with Crippen molar-refractivity contribution in [1.29, 1.82) is 0 Å². The zero-order valence-corrected chi connectivity index (χ0v) is 79.1. The van der Waals surface area contributed by atoms with Gasteiger partial charge in [-0.3, -0.25) is 0 Å². The van der Waals surface area contributed by atoms with Crippen molar-refractivity contribution in [3.63, 3.8) is 0 Å². The third kappa shape index (κ3) is 71.5. The number of unbranched alkanes of at least 4 members (excludes halogenated alkanes) is 60. The number of carbonyl (C=O) groups excluding carboxylic acids is 4. The van der Waals surface area contributed by atoms with Crippen LogP contribution in [0.2, 0.25) is 0 Å². The van der Waals surface area contributed by atoms with Crippen molar-refractivity contribution in [2.75, 3.05) is 26.4 Å². The molecular weight excluding hydrogens is 1530 g/mol. The van der Waals surface area contributed by atoms with Gasteiger partial charge in [0.2, 0.25) is 0 Å². The van der Waals surface area contributed by atoms with Crippen molar-refractivity contribution in [3.8, 4) is 0 Å². The molecule has 0 amide bonds. The average Bonchev–Trinajstić information content (AvgIpc) is 0.814. The van der Waals surface area contributed by atoms with Crippen LogP contribution in [0.3, 0.4) is 0 Å². The Labute approximate surface area is 747 Å². The zero-order valence-electron chi connectivity index (χ0n) is 75.2. The Kier molecular flexibility index (Phi) is 81.9. The third-order valence-electron chi connectivity index (χ3n) is 22.0. The van der Waals surface area contributed by atoms with Crippen LogP contribution in [0.5, 0.6) is 0 Å². The van der Waals surface area contributed by atoms with Gasteiger partial charge in [0.1, 0.15) is 20.2 Å². The second-order valence-corrected chi connectivity index (χ2v) is 35.6. The molecule has 0 saturated heterocycles. The van der Waals surface area contributed by atoms with Crippen LogP contribution >= 0.6 is 0 Å². The summed E-state index contributed by atoms with van der Waals surface area (Å²) in [6.07, 6.45) is 101. The molecule has 0 radical (unpaired) electrons. The molecule has 0 aliphatic rings. The number of hydrogen-bond acceptors (Lipinski definition) is 14. The number of esters is 4. The van der Waals surface area contributed by atoms with Gasteiger partial charge in [-0.25, -0.2) is 36.0 Å². The Morgan fingerprint density at radius 3 is 0.538 bits per heavy atom. The van der Waals surface area contributed by atoms with Gasteiger partial charge in [0, 0.05) is 0 Å². The van der Waals surface area contributed by atoms with Crippen LogP contribution in [0.15, 0.2) is 94.8 Å². The van der Waals surface area contributed by atoms with Crippen LogP contribution in [0.1, 0.15) is 506 Å². The van der Waals surface area contributed by atoms with Gasteiger partial charge in [-0.1, -0.05) is 385 Å². The first kappa shape index (κ1) is 113. The Morgan fingerprint density at radius 1 is 0.231 bits per heavy atom. The van der Waals surface area contributed by atoms with Gasteiger partial charge in [-0.2, -0.15) is 0 Å². The van der Waals surface area contributed by atoms with E-state index in [2.05, 4.69) is 76.3 Å². The molecule has 0 N–H and O–H groups in total. The average molecular weight is 1700 g/mol. The largest absolute Gasteiger partial charge is 2.00 e. The molecule has 117 heavy (non-hydrogen) atoms. The van der Waals surface area contributed by atoms with Crippen LogP contribution in [0.25, 0.3) is 0 Å². The summed E-state index contributed by atoms with van der Waals surface area (Å²) < 4.78 is 91.8. The molecule has 0 fully saturated rings. The molecule has 0 atom stereocenters. The Bertz CT molecular complexity index is 2810. The second kappa shape index (κ2) is 84.6. The van der Waals surface area contributed by atoms with Gasteiger partial charge in [0.05, 0.1) is 58.5 Å². The number of hydrogen-bond donors (Lipinski definition) is 0. The maximum absolute atomic E-state index is 13.0. The van der Waals surface area contributed by atoms with E-state index in [0.29, 0.717) is 25.7 Å². The Morgan fingerprint density at radius 2 is 0.376 bits per heavy atom. The molecule has 0 aliphatic heterocycles. The summed E-state index contributed by atoms with van der Waals surface area (Å²) in [6, 6.07) is 6.30. The summed E-state index contributed by atoms with van der Waals surface area (Å²) in [5.41, 5.74) is -0.668.